The van der Waals surface area contributed by atoms with Gasteiger partial charge in [-0.15, -0.1) is 11.3 Å². The van der Waals surface area contributed by atoms with E-state index in [-0.39, 0.29) is 85.2 Å². The maximum atomic E-state index is 14.8. The number of nitrogens with zero attached hydrogens (tertiary/aromatic N) is 7. The van der Waals surface area contributed by atoms with Crippen molar-refractivity contribution in [1.29, 1.82) is 0 Å². The summed E-state index contributed by atoms with van der Waals surface area (Å²) in [6.07, 6.45) is 9.85. The molecule has 4 atom stereocenters. The number of piperazine rings is 1. The molecule has 364 valence electrons. The van der Waals surface area contributed by atoms with Crippen LogP contribution in [0, 0.1) is 17.6 Å². The van der Waals surface area contributed by atoms with E-state index in [0.717, 1.165) is 92.6 Å². The standard InChI is InChI=1S/C49H61F2N9O7S/c1-30-26-57(49(64)45(32-8-5-4-6-9-32)54-47(62)31(2)52-3)19-20-58(30)48(63)41-23-33-22-37(50)38(51)25-40(33)60(41)28-44(61)59-16-7-10-34(59)29-65-43-24-36(67-55-43)27-56-17-12-35(13-18-56)66-42-11-15-53-39-14-21-68-46(39)42/h11,14-15,21-25,30-32,34-35,45,52H,4-10,12-13,16-20,26-29H2,1-3H3,(H,54,62)/t30?,31?,34?,45-/m0/s1. The van der Waals surface area contributed by atoms with Crippen LogP contribution in [0.4, 0.5) is 8.78 Å². The number of likely N-dealkylation sites (N-methyl/N-ethyl adjacent to an activating group) is 1. The molecule has 3 aliphatic heterocycles. The minimum Gasteiger partial charge on any atom is -0.489 e. The van der Waals surface area contributed by atoms with Crippen LogP contribution in [-0.2, 0) is 27.5 Å². The van der Waals surface area contributed by atoms with Crippen molar-refractivity contribution < 1.29 is 42.0 Å². The van der Waals surface area contributed by atoms with Crippen molar-refractivity contribution in [2.75, 3.05) is 52.9 Å². The molecule has 4 aromatic heterocycles. The quantitative estimate of drug-likeness (QED) is 0.127. The molecule has 3 saturated heterocycles. The molecule has 4 fully saturated rings. The molecule has 1 saturated carbocycles. The van der Waals surface area contributed by atoms with Crippen LogP contribution < -0.4 is 20.1 Å². The molecule has 68 heavy (non-hydrogen) atoms. The first kappa shape index (κ1) is 47.4. The van der Waals surface area contributed by atoms with E-state index < -0.39 is 35.7 Å². The molecular formula is C49H61F2N9O7S. The van der Waals surface area contributed by atoms with Crippen LogP contribution in [0.1, 0.15) is 87.9 Å². The van der Waals surface area contributed by atoms with Gasteiger partial charge in [0.1, 0.15) is 36.7 Å². The average molecular weight is 958 g/mol. The first-order valence-electron chi connectivity index (χ1n) is 24.1. The molecule has 5 aromatic rings. The second kappa shape index (κ2) is 20.9. The predicted molar refractivity (Wildman–Crippen MR) is 251 cm³/mol. The van der Waals surface area contributed by atoms with Gasteiger partial charge in [0.25, 0.3) is 11.8 Å². The summed E-state index contributed by atoms with van der Waals surface area (Å²) >= 11 is 1.63. The number of aromatic nitrogens is 3. The summed E-state index contributed by atoms with van der Waals surface area (Å²) in [5.74, 6) is -1.37. The molecule has 19 heteroatoms. The highest BCUT2D eigenvalue weighted by Crippen LogP contribution is 2.33. The van der Waals surface area contributed by atoms with Gasteiger partial charge in [-0.1, -0.05) is 19.3 Å². The summed E-state index contributed by atoms with van der Waals surface area (Å²) < 4.78 is 50.1. The number of benzene rings is 1. The summed E-state index contributed by atoms with van der Waals surface area (Å²) in [5.41, 5.74) is 1.28. The first-order valence-corrected chi connectivity index (χ1v) is 25.0. The highest BCUT2D eigenvalue weighted by atomic mass is 32.1. The number of carbonyl (C=O) groups is 4. The molecule has 9 rings (SSSR count). The molecule has 3 unspecified atom stereocenters. The van der Waals surface area contributed by atoms with E-state index in [1.54, 1.807) is 52.3 Å². The maximum absolute atomic E-state index is 14.8. The lowest BCUT2D eigenvalue weighted by Gasteiger charge is -2.42. The van der Waals surface area contributed by atoms with Gasteiger partial charge in [0.2, 0.25) is 17.7 Å². The Balaban J connectivity index is 0.815. The number of carbonyl (C=O) groups excluding carboxylic acids is 4. The van der Waals surface area contributed by atoms with Gasteiger partial charge >= 0.3 is 0 Å². The summed E-state index contributed by atoms with van der Waals surface area (Å²) in [6, 6.07) is 7.41. The van der Waals surface area contributed by atoms with E-state index in [2.05, 4.69) is 25.7 Å². The van der Waals surface area contributed by atoms with Crippen LogP contribution in [0.2, 0.25) is 0 Å². The molecule has 4 amide bonds. The monoisotopic (exact) mass is 957 g/mol. The van der Waals surface area contributed by atoms with Crippen LogP contribution in [0.25, 0.3) is 21.1 Å². The molecule has 7 heterocycles. The third-order valence-electron chi connectivity index (χ3n) is 14.3. The van der Waals surface area contributed by atoms with Crippen LogP contribution in [-0.4, -0.2) is 141 Å². The molecule has 0 radical (unpaired) electrons. The topological polar surface area (TPSA) is 168 Å². The summed E-state index contributed by atoms with van der Waals surface area (Å²) in [5, 5.41) is 12.4. The average Bonchev–Trinajstić information content (AvgIpc) is 4.19. The van der Waals surface area contributed by atoms with Crippen LogP contribution >= 0.6 is 11.3 Å². The number of nitrogens with one attached hydrogen (secondary N) is 2. The fourth-order valence-corrected chi connectivity index (χ4v) is 11.2. The molecule has 1 aromatic carbocycles. The SMILES string of the molecule is CNC(C)C(=O)N[C@H](C(=O)N1CCN(C(=O)c2cc3cc(F)c(F)cc3n2CC(=O)N2CCCC2COc2cc(CN3CCC(Oc4ccnc5ccsc45)CC3)on2)C(C)C1)C1CCCCC1. The summed E-state index contributed by atoms with van der Waals surface area (Å²) in [6.45, 7) is 6.85. The van der Waals surface area contributed by atoms with E-state index in [9.17, 15) is 28.0 Å². The van der Waals surface area contributed by atoms with Crippen LogP contribution in [0.15, 0.2) is 52.5 Å². The molecular weight excluding hydrogens is 897 g/mol. The number of fused-ring (bicyclic) bond motifs is 2. The van der Waals surface area contributed by atoms with Gasteiger partial charge < -0.3 is 43.9 Å². The Hall–Kier alpha value is -5.66. The molecule has 1 aliphatic carbocycles. The van der Waals surface area contributed by atoms with Crippen molar-refractivity contribution in [3.05, 3.63) is 71.1 Å². The van der Waals surface area contributed by atoms with E-state index in [1.807, 2.05) is 24.4 Å². The Kier molecular flexibility index (Phi) is 14.6. The van der Waals surface area contributed by atoms with E-state index in [0.29, 0.717) is 31.2 Å². The second-order valence-electron chi connectivity index (χ2n) is 18.8. The van der Waals surface area contributed by atoms with Crippen molar-refractivity contribution in [1.82, 2.24) is 44.9 Å². The fraction of sp³-hybridized carbons (Fsp3) is 0.551. The zero-order valence-corrected chi connectivity index (χ0v) is 39.8. The van der Waals surface area contributed by atoms with Crippen molar-refractivity contribution in [2.24, 2.45) is 5.92 Å². The smallest absolute Gasteiger partial charge is 0.270 e. The van der Waals surface area contributed by atoms with Gasteiger partial charge in [-0.05, 0) is 100 Å². The van der Waals surface area contributed by atoms with Crippen molar-refractivity contribution in [3.63, 3.8) is 0 Å². The Labute approximate surface area is 398 Å². The highest BCUT2D eigenvalue weighted by Gasteiger charge is 2.39. The fourth-order valence-electron chi connectivity index (χ4n) is 10.4. The van der Waals surface area contributed by atoms with Gasteiger partial charge in [-0.2, -0.15) is 0 Å². The van der Waals surface area contributed by atoms with Gasteiger partial charge in [0.15, 0.2) is 17.4 Å². The van der Waals surface area contributed by atoms with Crippen molar-refractivity contribution in [2.45, 2.75) is 115 Å². The van der Waals surface area contributed by atoms with E-state index in [1.165, 1.54) is 10.6 Å². The zero-order valence-electron chi connectivity index (χ0n) is 39.0. The van der Waals surface area contributed by atoms with Crippen molar-refractivity contribution >= 4 is 56.1 Å². The van der Waals surface area contributed by atoms with Gasteiger partial charge in [0, 0.05) is 69.0 Å². The third kappa shape index (κ3) is 10.3. The van der Waals surface area contributed by atoms with Crippen molar-refractivity contribution in [3.8, 4) is 11.6 Å². The van der Waals surface area contributed by atoms with E-state index in [4.69, 9.17) is 14.0 Å². The summed E-state index contributed by atoms with van der Waals surface area (Å²) in [4.78, 5) is 67.7. The first-order chi connectivity index (χ1) is 32.9. The van der Waals surface area contributed by atoms with E-state index >= 15 is 0 Å². The number of pyridine rings is 1. The maximum Gasteiger partial charge on any atom is 0.270 e. The number of amides is 4. The molecule has 16 nitrogen and oxygen atoms in total. The Morgan fingerprint density at radius 1 is 0.926 bits per heavy atom. The lowest BCUT2D eigenvalue weighted by atomic mass is 9.83. The Bertz CT molecular complexity index is 2610. The highest BCUT2D eigenvalue weighted by molar-refractivity contribution is 7.17. The predicted octanol–water partition coefficient (Wildman–Crippen LogP) is 5.98. The lowest BCUT2D eigenvalue weighted by Crippen LogP contribution is -2.61. The minimum absolute atomic E-state index is 0.0214. The van der Waals surface area contributed by atoms with Crippen LogP contribution in [0.5, 0.6) is 11.6 Å². The third-order valence-corrected chi connectivity index (χ3v) is 15.3. The van der Waals surface area contributed by atoms with Crippen LogP contribution in [0.3, 0.4) is 0 Å². The molecule has 2 N–H and O–H groups in total. The number of hydrogen-bond donors (Lipinski definition) is 2. The Morgan fingerprint density at radius 3 is 2.50 bits per heavy atom. The molecule has 4 aliphatic rings. The largest absolute Gasteiger partial charge is 0.489 e. The number of hydrogen-bond acceptors (Lipinski definition) is 12. The number of piperidine rings is 1. The van der Waals surface area contributed by atoms with Gasteiger partial charge in [0.05, 0.1) is 34.4 Å². The Morgan fingerprint density at radius 2 is 1.72 bits per heavy atom. The second-order valence-corrected chi connectivity index (χ2v) is 19.7. The number of likely N-dealkylation sites (tertiary alicyclic amines) is 2. The number of halogens is 2. The molecule has 0 bridgehead atoms. The lowest BCUT2D eigenvalue weighted by molar-refractivity contribution is -0.140. The summed E-state index contributed by atoms with van der Waals surface area (Å²) in [7, 11) is 1.70. The van der Waals surface area contributed by atoms with Gasteiger partial charge in [-0.25, -0.2) is 8.78 Å². The number of ether oxygens (including phenoxy) is 2. The minimum atomic E-state index is -1.09. The number of thiophene rings is 1. The number of rotatable bonds is 15. The van der Waals surface area contributed by atoms with Gasteiger partial charge in [-0.3, -0.25) is 29.1 Å². The normalized spacial score (nSPS) is 20.8. The zero-order chi connectivity index (χ0) is 47.5. The molecule has 0 spiro atoms.